The van der Waals surface area contributed by atoms with E-state index in [0.29, 0.717) is 10.8 Å². The maximum absolute atomic E-state index is 12.5. The molecule has 22 heavy (non-hydrogen) atoms. The molecule has 0 saturated carbocycles. The van der Waals surface area contributed by atoms with Gasteiger partial charge in [0, 0.05) is 0 Å². The standard InChI is InChI=1S/C15H7F3O4/c16-15(17,18)13(20)11-12(19)9-5-7-3-1-2-4-8(7)6-10(9)22-14(11)21/h1-6,19H. The number of hydrogen-bond donors (Lipinski definition) is 1. The van der Waals surface area contributed by atoms with Crippen LogP contribution in [0.3, 0.4) is 0 Å². The van der Waals surface area contributed by atoms with Gasteiger partial charge in [-0.15, -0.1) is 0 Å². The molecule has 0 bridgehead atoms. The van der Waals surface area contributed by atoms with Crippen molar-refractivity contribution in [2.24, 2.45) is 0 Å². The molecule has 3 aromatic rings. The van der Waals surface area contributed by atoms with E-state index in [0.717, 1.165) is 0 Å². The van der Waals surface area contributed by atoms with Crippen molar-refractivity contribution in [3.8, 4) is 5.75 Å². The van der Waals surface area contributed by atoms with E-state index in [1.165, 1.54) is 12.1 Å². The minimum absolute atomic E-state index is 0.0973. The van der Waals surface area contributed by atoms with Crippen molar-refractivity contribution in [3.63, 3.8) is 0 Å². The van der Waals surface area contributed by atoms with Crippen LogP contribution in [0.2, 0.25) is 0 Å². The number of aromatic hydroxyl groups is 1. The summed E-state index contributed by atoms with van der Waals surface area (Å²) < 4.78 is 42.3. The lowest BCUT2D eigenvalue weighted by molar-refractivity contribution is -0.0888. The molecule has 1 aromatic heterocycles. The van der Waals surface area contributed by atoms with Gasteiger partial charge in [-0.05, 0) is 22.9 Å². The molecule has 0 unspecified atom stereocenters. The summed E-state index contributed by atoms with van der Waals surface area (Å²) in [4.78, 5) is 22.9. The Labute approximate surface area is 120 Å². The zero-order valence-electron chi connectivity index (χ0n) is 10.8. The van der Waals surface area contributed by atoms with E-state index in [-0.39, 0.29) is 11.0 Å². The zero-order chi connectivity index (χ0) is 16.1. The first-order valence-electron chi connectivity index (χ1n) is 6.09. The normalized spacial score (nSPS) is 12.0. The number of fused-ring (bicyclic) bond motifs is 2. The Bertz CT molecular complexity index is 970. The molecular weight excluding hydrogens is 301 g/mol. The molecule has 0 amide bonds. The third-order valence-corrected chi connectivity index (χ3v) is 3.23. The molecule has 112 valence electrons. The van der Waals surface area contributed by atoms with Gasteiger partial charge >= 0.3 is 11.8 Å². The predicted octanol–water partition coefficient (Wildman–Crippen LogP) is 3.40. The number of rotatable bonds is 1. The largest absolute Gasteiger partial charge is 0.506 e. The number of carbonyl (C=O) groups excluding carboxylic acids is 1. The van der Waals surface area contributed by atoms with Crippen molar-refractivity contribution < 1.29 is 27.5 Å². The van der Waals surface area contributed by atoms with E-state index in [1.807, 2.05) is 0 Å². The predicted molar refractivity (Wildman–Crippen MR) is 72.0 cm³/mol. The Balaban J connectivity index is 2.39. The highest BCUT2D eigenvalue weighted by atomic mass is 19.4. The molecule has 0 radical (unpaired) electrons. The Morgan fingerprint density at radius 2 is 1.68 bits per heavy atom. The second-order valence-corrected chi connectivity index (χ2v) is 4.64. The molecule has 0 fully saturated rings. The lowest BCUT2D eigenvalue weighted by Gasteiger charge is -2.08. The summed E-state index contributed by atoms with van der Waals surface area (Å²) in [5, 5.41) is 11.1. The molecule has 0 atom stereocenters. The molecule has 2 aromatic carbocycles. The first-order valence-corrected chi connectivity index (χ1v) is 6.09. The van der Waals surface area contributed by atoms with Gasteiger partial charge in [0.05, 0.1) is 5.39 Å². The Morgan fingerprint density at radius 3 is 2.27 bits per heavy atom. The van der Waals surface area contributed by atoms with Crippen molar-refractivity contribution in [1.29, 1.82) is 0 Å². The van der Waals surface area contributed by atoms with Crippen LogP contribution in [-0.2, 0) is 0 Å². The molecule has 3 rings (SSSR count). The lowest BCUT2D eigenvalue weighted by Crippen LogP contribution is -2.28. The number of benzene rings is 2. The third-order valence-electron chi connectivity index (χ3n) is 3.23. The van der Waals surface area contributed by atoms with Gasteiger partial charge in [0.1, 0.15) is 11.3 Å². The molecule has 1 heterocycles. The summed E-state index contributed by atoms with van der Waals surface area (Å²) in [5.41, 5.74) is -3.03. The van der Waals surface area contributed by atoms with E-state index >= 15 is 0 Å². The quantitative estimate of drug-likeness (QED) is 0.425. The van der Waals surface area contributed by atoms with Crippen LogP contribution in [0.4, 0.5) is 13.2 Å². The fraction of sp³-hybridized carbons (Fsp3) is 0.0667. The summed E-state index contributed by atoms with van der Waals surface area (Å²) in [6.45, 7) is 0. The number of hydrogen-bond acceptors (Lipinski definition) is 4. The van der Waals surface area contributed by atoms with E-state index in [1.54, 1.807) is 24.3 Å². The van der Waals surface area contributed by atoms with Crippen LogP contribution < -0.4 is 5.63 Å². The van der Waals surface area contributed by atoms with Crippen molar-refractivity contribution in [2.45, 2.75) is 6.18 Å². The molecule has 1 N–H and O–H groups in total. The number of Topliss-reactive ketones (excluding diaryl/α,β-unsaturated/α-hetero) is 1. The van der Waals surface area contributed by atoms with E-state index in [4.69, 9.17) is 4.42 Å². The van der Waals surface area contributed by atoms with Crippen LogP contribution >= 0.6 is 0 Å². The number of carbonyl (C=O) groups is 1. The summed E-state index contributed by atoms with van der Waals surface area (Å²) in [7, 11) is 0. The molecule has 7 heteroatoms. The number of halogens is 3. The summed E-state index contributed by atoms with van der Waals surface area (Å²) >= 11 is 0. The van der Waals surface area contributed by atoms with Gasteiger partial charge in [-0.3, -0.25) is 4.79 Å². The lowest BCUT2D eigenvalue weighted by atomic mass is 10.0. The van der Waals surface area contributed by atoms with Crippen LogP contribution in [0.5, 0.6) is 5.75 Å². The van der Waals surface area contributed by atoms with Gasteiger partial charge in [-0.25, -0.2) is 4.79 Å². The SMILES string of the molecule is O=C(c1c(O)c2cc3ccccc3cc2oc1=O)C(F)(F)F. The average Bonchev–Trinajstić information content (AvgIpc) is 2.44. The smallest absolute Gasteiger partial charge is 0.455 e. The third kappa shape index (κ3) is 2.11. The van der Waals surface area contributed by atoms with Gasteiger partial charge < -0.3 is 9.52 Å². The fourth-order valence-corrected chi connectivity index (χ4v) is 2.21. The van der Waals surface area contributed by atoms with E-state index in [9.17, 15) is 27.9 Å². The van der Waals surface area contributed by atoms with Crippen molar-refractivity contribution in [2.75, 3.05) is 0 Å². The second-order valence-electron chi connectivity index (χ2n) is 4.64. The van der Waals surface area contributed by atoms with Gasteiger partial charge in [-0.1, -0.05) is 24.3 Å². The molecular formula is C15H7F3O4. The van der Waals surface area contributed by atoms with Crippen LogP contribution in [0.15, 0.2) is 45.6 Å². The van der Waals surface area contributed by atoms with Crippen LogP contribution in [0.1, 0.15) is 10.4 Å². The Hall–Kier alpha value is -2.83. The topological polar surface area (TPSA) is 67.5 Å². The summed E-state index contributed by atoms with van der Waals surface area (Å²) in [6.07, 6.45) is -5.28. The number of alkyl halides is 3. The molecule has 0 aliphatic heterocycles. The molecule has 0 saturated heterocycles. The summed E-state index contributed by atoms with van der Waals surface area (Å²) in [5.74, 6) is -3.46. The highest BCUT2D eigenvalue weighted by molar-refractivity contribution is 6.07. The van der Waals surface area contributed by atoms with Gasteiger partial charge in [-0.2, -0.15) is 13.2 Å². The minimum atomic E-state index is -5.28. The van der Waals surface area contributed by atoms with Crippen molar-refractivity contribution in [3.05, 3.63) is 52.4 Å². The van der Waals surface area contributed by atoms with Crippen LogP contribution in [-0.4, -0.2) is 17.1 Å². The van der Waals surface area contributed by atoms with Gasteiger partial charge in [0.2, 0.25) is 0 Å². The number of ketones is 1. The highest BCUT2D eigenvalue weighted by Crippen LogP contribution is 2.33. The maximum atomic E-state index is 12.5. The van der Waals surface area contributed by atoms with Crippen molar-refractivity contribution >= 4 is 27.5 Å². The van der Waals surface area contributed by atoms with Crippen molar-refractivity contribution in [1.82, 2.24) is 0 Å². The van der Waals surface area contributed by atoms with Crippen LogP contribution in [0, 0.1) is 0 Å². The fourth-order valence-electron chi connectivity index (χ4n) is 2.21. The summed E-state index contributed by atoms with van der Waals surface area (Å²) in [6, 6.07) is 9.58. The molecule has 4 nitrogen and oxygen atoms in total. The van der Waals surface area contributed by atoms with Gasteiger partial charge in [0.25, 0.3) is 5.78 Å². The first-order chi connectivity index (χ1) is 10.3. The zero-order valence-corrected chi connectivity index (χ0v) is 10.8. The first kappa shape index (κ1) is 14.1. The second kappa shape index (κ2) is 4.59. The van der Waals surface area contributed by atoms with E-state index in [2.05, 4.69) is 0 Å². The minimum Gasteiger partial charge on any atom is -0.506 e. The molecule has 0 aliphatic rings. The van der Waals surface area contributed by atoms with Crippen LogP contribution in [0.25, 0.3) is 21.7 Å². The Morgan fingerprint density at radius 1 is 1.09 bits per heavy atom. The maximum Gasteiger partial charge on any atom is 0.455 e. The monoisotopic (exact) mass is 308 g/mol. The Kier molecular flexibility index (Phi) is 2.94. The van der Waals surface area contributed by atoms with Gasteiger partial charge in [0.15, 0.2) is 5.56 Å². The molecule has 0 aliphatic carbocycles. The average molecular weight is 308 g/mol. The van der Waals surface area contributed by atoms with E-state index < -0.39 is 28.9 Å². The molecule has 0 spiro atoms. The highest BCUT2D eigenvalue weighted by Gasteiger charge is 2.43.